The minimum absolute atomic E-state index is 0.141. The van der Waals surface area contributed by atoms with Crippen molar-refractivity contribution in [2.75, 3.05) is 7.11 Å². The van der Waals surface area contributed by atoms with E-state index in [0.29, 0.717) is 0 Å². The van der Waals surface area contributed by atoms with E-state index in [-0.39, 0.29) is 18.2 Å². The Morgan fingerprint density at radius 3 is 3.00 bits per heavy atom. The second-order valence-electron chi connectivity index (χ2n) is 2.60. The van der Waals surface area contributed by atoms with Crippen LogP contribution in [0.3, 0.4) is 0 Å². The molecule has 12 heavy (non-hydrogen) atoms. The van der Waals surface area contributed by atoms with E-state index in [4.69, 9.17) is 9.47 Å². The quantitative estimate of drug-likeness (QED) is 0.625. The molecule has 0 spiro atoms. The summed E-state index contributed by atoms with van der Waals surface area (Å²) in [5.74, 6) is -0.349. The van der Waals surface area contributed by atoms with Crippen LogP contribution in [0, 0.1) is 5.82 Å². The molecule has 64 valence electrons. The van der Waals surface area contributed by atoms with Gasteiger partial charge in [0.25, 0.3) is 0 Å². The zero-order valence-corrected chi connectivity index (χ0v) is 6.53. The highest BCUT2D eigenvalue weighted by atomic mass is 19.1. The number of halogens is 1. The van der Waals surface area contributed by atoms with Gasteiger partial charge in [-0.05, 0) is 6.07 Å². The van der Waals surface area contributed by atoms with Crippen LogP contribution in [0.5, 0.6) is 0 Å². The van der Waals surface area contributed by atoms with Crippen LogP contribution >= 0.6 is 0 Å². The van der Waals surface area contributed by atoms with Crippen molar-refractivity contribution >= 4 is 0 Å². The van der Waals surface area contributed by atoms with Gasteiger partial charge in [-0.2, -0.15) is 0 Å². The Morgan fingerprint density at radius 2 is 2.42 bits per heavy atom. The van der Waals surface area contributed by atoms with Gasteiger partial charge in [0, 0.05) is 18.9 Å². The molecular weight excluding hydrogens is 161 g/mol. The molecule has 2 rings (SSSR count). The van der Waals surface area contributed by atoms with E-state index in [9.17, 15) is 4.39 Å². The van der Waals surface area contributed by atoms with Gasteiger partial charge in [0.15, 0.2) is 6.29 Å². The van der Waals surface area contributed by atoms with Crippen molar-refractivity contribution in [3.63, 3.8) is 0 Å². The van der Waals surface area contributed by atoms with E-state index >= 15 is 0 Å². The average Bonchev–Trinajstić information content (AvgIpc) is 2.83. The molecular formula is C8H8FNO2. The second kappa shape index (κ2) is 2.80. The van der Waals surface area contributed by atoms with Crippen LogP contribution in [0.25, 0.3) is 0 Å². The fourth-order valence-corrected chi connectivity index (χ4v) is 1.10. The van der Waals surface area contributed by atoms with Gasteiger partial charge in [-0.1, -0.05) is 0 Å². The van der Waals surface area contributed by atoms with Crippen LogP contribution < -0.4 is 0 Å². The van der Waals surface area contributed by atoms with Crippen LogP contribution in [0.2, 0.25) is 0 Å². The lowest BCUT2D eigenvalue weighted by molar-refractivity contribution is 0.0950. The first-order valence-electron chi connectivity index (χ1n) is 3.60. The Morgan fingerprint density at radius 1 is 1.58 bits per heavy atom. The van der Waals surface area contributed by atoms with Gasteiger partial charge < -0.3 is 9.47 Å². The van der Waals surface area contributed by atoms with Crippen molar-refractivity contribution < 1.29 is 13.9 Å². The number of hydrogen-bond acceptors (Lipinski definition) is 3. The molecule has 2 atom stereocenters. The van der Waals surface area contributed by atoms with Crippen molar-refractivity contribution in [3.05, 3.63) is 29.8 Å². The minimum Gasteiger partial charge on any atom is -0.353 e. The van der Waals surface area contributed by atoms with Gasteiger partial charge in [-0.25, -0.2) is 4.39 Å². The lowest BCUT2D eigenvalue weighted by Gasteiger charge is -1.93. The molecule has 0 aliphatic carbocycles. The predicted molar refractivity (Wildman–Crippen MR) is 38.8 cm³/mol. The molecule has 0 radical (unpaired) electrons. The Balaban J connectivity index is 2.14. The molecule has 1 saturated heterocycles. The smallest absolute Gasteiger partial charge is 0.188 e. The molecule has 0 saturated carbocycles. The highest BCUT2D eigenvalue weighted by molar-refractivity contribution is 5.17. The Labute approximate surface area is 69.1 Å². The summed E-state index contributed by atoms with van der Waals surface area (Å²) in [5.41, 5.74) is 0.724. The van der Waals surface area contributed by atoms with Crippen molar-refractivity contribution in [2.45, 2.75) is 12.4 Å². The lowest BCUT2D eigenvalue weighted by atomic mass is 10.2. The third-order valence-electron chi connectivity index (χ3n) is 1.74. The fourth-order valence-electron chi connectivity index (χ4n) is 1.10. The van der Waals surface area contributed by atoms with Gasteiger partial charge in [-0.15, -0.1) is 0 Å². The molecule has 0 N–H and O–H groups in total. The van der Waals surface area contributed by atoms with Crippen molar-refractivity contribution in [1.29, 1.82) is 0 Å². The molecule has 2 heterocycles. The maximum Gasteiger partial charge on any atom is 0.188 e. The normalized spacial score (nSPS) is 27.2. The highest BCUT2D eigenvalue weighted by Crippen LogP contribution is 2.38. The summed E-state index contributed by atoms with van der Waals surface area (Å²) in [6, 6.07) is 1.40. The number of pyridine rings is 1. The molecule has 1 aliphatic rings. The Hall–Kier alpha value is -1.00. The summed E-state index contributed by atoms with van der Waals surface area (Å²) in [4.78, 5) is 3.70. The van der Waals surface area contributed by atoms with E-state index in [0.717, 1.165) is 11.8 Å². The molecule has 1 fully saturated rings. The number of rotatable bonds is 2. The summed E-state index contributed by atoms with van der Waals surface area (Å²) < 4.78 is 22.6. The van der Waals surface area contributed by atoms with Crippen LogP contribution in [0.1, 0.15) is 11.7 Å². The Kier molecular flexibility index (Phi) is 1.78. The van der Waals surface area contributed by atoms with Crippen molar-refractivity contribution in [2.24, 2.45) is 0 Å². The standard InChI is InChI=1S/C8H8FNO2/c1-11-8-7(12-8)5-2-6(9)4-10-3-5/h2-4,7-8H,1H3. The van der Waals surface area contributed by atoms with Crippen LogP contribution in [0.4, 0.5) is 4.39 Å². The molecule has 0 aromatic carbocycles. The summed E-state index contributed by atoms with van der Waals surface area (Å²) in [6.07, 6.45) is 2.37. The number of methoxy groups -OCH3 is 1. The Bertz CT molecular complexity index is 292. The zero-order valence-electron chi connectivity index (χ0n) is 6.53. The van der Waals surface area contributed by atoms with E-state index < -0.39 is 0 Å². The van der Waals surface area contributed by atoms with E-state index in [2.05, 4.69) is 4.98 Å². The lowest BCUT2D eigenvalue weighted by Crippen LogP contribution is -1.92. The topological polar surface area (TPSA) is 34.6 Å². The first-order chi connectivity index (χ1) is 5.81. The predicted octanol–water partition coefficient (Wildman–Crippen LogP) is 1.26. The number of aromatic nitrogens is 1. The summed E-state index contributed by atoms with van der Waals surface area (Å²) >= 11 is 0. The molecule has 3 nitrogen and oxygen atoms in total. The number of hydrogen-bond donors (Lipinski definition) is 0. The first-order valence-corrected chi connectivity index (χ1v) is 3.60. The molecule has 4 heteroatoms. The van der Waals surface area contributed by atoms with Gasteiger partial charge in [0.1, 0.15) is 11.9 Å². The molecule has 1 aliphatic heterocycles. The zero-order chi connectivity index (χ0) is 8.55. The maximum atomic E-state index is 12.6. The SMILES string of the molecule is COC1OC1c1cncc(F)c1. The summed E-state index contributed by atoms with van der Waals surface area (Å²) in [6.45, 7) is 0. The van der Waals surface area contributed by atoms with Crippen LogP contribution in [-0.2, 0) is 9.47 Å². The van der Waals surface area contributed by atoms with Gasteiger partial charge in [0.2, 0.25) is 0 Å². The van der Waals surface area contributed by atoms with E-state index in [1.54, 1.807) is 13.3 Å². The largest absolute Gasteiger partial charge is 0.353 e. The third kappa shape index (κ3) is 1.31. The van der Waals surface area contributed by atoms with Gasteiger partial charge in [-0.3, -0.25) is 4.98 Å². The molecule has 0 bridgehead atoms. The van der Waals surface area contributed by atoms with Crippen LogP contribution in [-0.4, -0.2) is 18.4 Å². The molecule has 0 amide bonds. The molecule has 1 aromatic heterocycles. The average molecular weight is 169 g/mol. The van der Waals surface area contributed by atoms with Gasteiger partial charge >= 0.3 is 0 Å². The third-order valence-corrected chi connectivity index (χ3v) is 1.74. The number of ether oxygens (including phenoxy) is 2. The number of epoxide rings is 1. The van der Waals surface area contributed by atoms with Gasteiger partial charge in [0.05, 0.1) is 6.20 Å². The van der Waals surface area contributed by atoms with Crippen molar-refractivity contribution in [1.82, 2.24) is 4.98 Å². The maximum absolute atomic E-state index is 12.6. The number of nitrogens with zero attached hydrogens (tertiary/aromatic N) is 1. The summed E-state index contributed by atoms with van der Waals surface area (Å²) in [5, 5.41) is 0. The second-order valence-corrected chi connectivity index (χ2v) is 2.60. The van der Waals surface area contributed by atoms with E-state index in [1.807, 2.05) is 0 Å². The minimum atomic E-state index is -0.349. The monoisotopic (exact) mass is 169 g/mol. The van der Waals surface area contributed by atoms with E-state index in [1.165, 1.54) is 6.07 Å². The molecule has 1 aromatic rings. The fraction of sp³-hybridized carbons (Fsp3) is 0.375. The van der Waals surface area contributed by atoms with Crippen molar-refractivity contribution in [3.8, 4) is 0 Å². The highest BCUT2D eigenvalue weighted by Gasteiger charge is 2.40. The molecule has 2 unspecified atom stereocenters. The first kappa shape index (κ1) is 7.64. The van der Waals surface area contributed by atoms with Crippen LogP contribution in [0.15, 0.2) is 18.5 Å². The summed E-state index contributed by atoms with van der Waals surface area (Å²) in [7, 11) is 1.55.